The van der Waals surface area contributed by atoms with Gasteiger partial charge in [-0.15, -0.1) is 0 Å². The molecule has 1 rings (SSSR count). The predicted molar refractivity (Wildman–Crippen MR) is 62.3 cm³/mol. The largest absolute Gasteiger partial charge is 0.326 e. The van der Waals surface area contributed by atoms with Gasteiger partial charge < -0.3 is 5.73 Å². The third-order valence-corrected chi connectivity index (χ3v) is 3.46. The van der Waals surface area contributed by atoms with Crippen molar-refractivity contribution in [2.75, 3.05) is 13.1 Å². The molecular weight excluding hydrogens is 172 g/mol. The van der Waals surface area contributed by atoms with Gasteiger partial charge in [-0.1, -0.05) is 33.6 Å². The fraction of sp³-hybridized carbons (Fsp3) is 1.00. The normalized spacial score (nSPS) is 28.9. The van der Waals surface area contributed by atoms with Crippen molar-refractivity contribution in [3.63, 3.8) is 0 Å². The van der Waals surface area contributed by atoms with E-state index in [9.17, 15) is 0 Å². The first kappa shape index (κ1) is 12.0. The second-order valence-corrected chi connectivity index (χ2v) is 4.83. The van der Waals surface area contributed by atoms with E-state index in [-0.39, 0.29) is 0 Å². The van der Waals surface area contributed by atoms with Gasteiger partial charge in [0, 0.05) is 25.2 Å². The van der Waals surface area contributed by atoms with Gasteiger partial charge in [0.2, 0.25) is 0 Å². The Morgan fingerprint density at radius 2 is 1.79 bits per heavy atom. The maximum absolute atomic E-state index is 6.06. The highest BCUT2D eigenvalue weighted by molar-refractivity contribution is 4.87. The molecule has 0 spiro atoms. The summed E-state index contributed by atoms with van der Waals surface area (Å²) in [5, 5.41) is 0. The van der Waals surface area contributed by atoms with Gasteiger partial charge in [-0.3, -0.25) is 4.90 Å². The summed E-state index contributed by atoms with van der Waals surface area (Å²) < 4.78 is 0. The summed E-state index contributed by atoms with van der Waals surface area (Å²) in [4.78, 5) is 2.61. The zero-order valence-electron chi connectivity index (χ0n) is 10.00. The minimum absolute atomic E-state index is 0.409. The van der Waals surface area contributed by atoms with Crippen LogP contribution in [0.1, 0.15) is 46.5 Å². The standard InChI is InChI=1S/C12H26N2/c1-4-6-11(7-5-2)14-8-10(3)12(13)9-14/h10-12H,4-9,13H2,1-3H3. The monoisotopic (exact) mass is 198 g/mol. The highest BCUT2D eigenvalue weighted by atomic mass is 15.2. The van der Waals surface area contributed by atoms with Crippen LogP contribution in [0.15, 0.2) is 0 Å². The van der Waals surface area contributed by atoms with Crippen LogP contribution in [0.2, 0.25) is 0 Å². The van der Waals surface area contributed by atoms with E-state index in [0.29, 0.717) is 12.0 Å². The van der Waals surface area contributed by atoms with Gasteiger partial charge in [0.1, 0.15) is 0 Å². The first-order chi connectivity index (χ1) is 6.69. The second-order valence-electron chi connectivity index (χ2n) is 4.83. The summed E-state index contributed by atoms with van der Waals surface area (Å²) in [7, 11) is 0. The Hall–Kier alpha value is -0.0800. The molecule has 2 N–H and O–H groups in total. The molecule has 1 saturated heterocycles. The fourth-order valence-corrected chi connectivity index (χ4v) is 2.50. The van der Waals surface area contributed by atoms with Crippen LogP contribution in [0.4, 0.5) is 0 Å². The van der Waals surface area contributed by atoms with Gasteiger partial charge >= 0.3 is 0 Å². The molecule has 2 unspecified atom stereocenters. The molecular formula is C12H26N2. The summed E-state index contributed by atoms with van der Waals surface area (Å²) in [5.41, 5.74) is 6.06. The summed E-state index contributed by atoms with van der Waals surface area (Å²) in [6.45, 7) is 9.17. The van der Waals surface area contributed by atoms with Crippen molar-refractivity contribution in [3.05, 3.63) is 0 Å². The number of nitrogens with zero attached hydrogens (tertiary/aromatic N) is 1. The Morgan fingerprint density at radius 1 is 1.21 bits per heavy atom. The van der Waals surface area contributed by atoms with Crippen molar-refractivity contribution < 1.29 is 0 Å². The van der Waals surface area contributed by atoms with Crippen LogP contribution in [0.25, 0.3) is 0 Å². The lowest BCUT2D eigenvalue weighted by Crippen LogP contribution is -2.35. The highest BCUT2D eigenvalue weighted by Crippen LogP contribution is 2.22. The van der Waals surface area contributed by atoms with E-state index < -0.39 is 0 Å². The highest BCUT2D eigenvalue weighted by Gasteiger charge is 2.30. The molecule has 0 radical (unpaired) electrons. The Labute approximate surface area is 88.8 Å². The van der Waals surface area contributed by atoms with Crippen molar-refractivity contribution in [2.45, 2.75) is 58.5 Å². The van der Waals surface area contributed by atoms with Crippen molar-refractivity contribution in [3.8, 4) is 0 Å². The van der Waals surface area contributed by atoms with E-state index >= 15 is 0 Å². The van der Waals surface area contributed by atoms with Crippen LogP contribution >= 0.6 is 0 Å². The summed E-state index contributed by atoms with van der Waals surface area (Å²) in [5.74, 6) is 0.686. The Bertz CT molecular complexity index is 142. The lowest BCUT2D eigenvalue weighted by molar-refractivity contribution is 0.209. The van der Waals surface area contributed by atoms with Crippen LogP contribution in [-0.2, 0) is 0 Å². The van der Waals surface area contributed by atoms with Gasteiger partial charge in [-0.05, 0) is 18.8 Å². The third-order valence-electron chi connectivity index (χ3n) is 3.46. The zero-order valence-corrected chi connectivity index (χ0v) is 10.00. The van der Waals surface area contributed by atoms with Crippen molar-refractivity contribution in [1.29, 1.82) is 0 Å². The van der Waals surface area contributed by atoms with Gasteiger partial charge in [0.25, 0.3) is 0 Å². The van der Waals surface area contributed by atoms with E-state index in [1.165, 1.54) is 32.2 Å². The van der Waals surface area contributed by atoms with Crippen molar-refractivity contribution in [2.24, 2.45) is 11.7 Å². The molecule has 1 fully saturated rings. The predicted octanol–water partition coefficient (Wildman–Crippen LogP) is 2.23. The first-order valence-corrected chi connectivity index (χ1v) is 6.18. The molecule has 0 aromatic rings. The molecule has 14 heavy (non-hydrogen) atoms. The molecule has 0 aliphatic carbocycles. The molecule has 0 aromatic heterocycles. The summed E-state index contributed by atoms with van der Waals surface area (Å²) >= 11 is 0. The van der Waals surface area contributed by atoms with Crippen LogP contribution < -0.4 is 5.73 Å². The second kappa shape index (κ2) is 5.72. The molecule has 1 heterocycles. The SMILES string of the molecule is CCCC(CCC)N1CC(C)C(N)C1. The number of hydrogen-bond donors (Lipinski definition) is 1. The molecule has 0 aromatic carbocycles. The van der Waals surface area contributed by atoms with Gasteiger partial charge in [0.05, 0.1) is 0 Å². The summed E-state index contributed by atoms with van der Waals surface area (Å²) in [6, 6.07) is 1.20. The molecule has 2 nitrogen and oxygen atoms in total. The first-order valence-electron chi connectivity index (χ1n) is 6.18. The van der Waals surface area contributed by atoms with E-state index in [0.717, 1.165) is 12.6 Å². The number of likely N-dealkylation sites (tertiary alicyclic amines) is 1. The van der Waals surface area contributed by atoms with Crippen LogP contribution in [0.5, 0.6) is 0 Å². The minimum Gasteiger partial charge on any atom is -0.326 e. The number of hydrogen-bond acceptors (Lipinski definition) is 2. The van der Waals surface area contributed by atoms with Gasteiger partial charge in [0.15, 0.2) is 0 Å². The third kappa shape index (κ3) is 2.96. The summed E-state index contributed by atoms with van der Waals surface area (Å²) in [6.07, 6.45) is 5.27. The Balaban J connectivity index is 2.43. The van der Waals surface area contributed by atoms with Crippen LogP contribution in [0.3, 0.4) is 0 Å². The minimum atomic E-state index is 0.409. The number of rotatable bonds is 5. The molecule has 0 amide bonds. The molecule has 84 valence electrons. The lowest BCUT2D eigenvalue weighted by atomic mass is 10.1. The molecule has 2 heteroatoms. The lowest BCUT2D eigenvalue weighted by Gasteiger charge is -2.27. The van der Waals surface area contributed by atoms with Gasteiger partial charge in [-0.25, -0.2) is 0 Å². The average molecular weight is 198 g/mol. The van der Waals surface area contributed by atoms with Crippen LogP contribution in [-0.4, -0.2) is 30.1 Å². The molecule has 1 aliphatic heterocycles. The van der Waals surface area contributed by atoms with E-state index in [2.05, 4.69) is 25.7 Å². The van der Waals surface area contributed by atoms with E-state index in [1.807, 2.05) is 0 Å². The molecule has 0 bridgehead atoms. The molecule has 0 saturated carbocycles. The van der Waals surface area contributed by atoms with Crippen molar-refractivity contribution in [1.82, 2.24) is 4.90 Å². The average Bonchev–Trinajstić information content (AvgIpc) is 2.47. The smallest absolute Gasteiger partial charge is 0.0206 e. The number of nitrogens with two attached hydrogens (primary N) is 1. The molecule has 1 aliphatic rings. The molecule has 2 atom stereocenters. The maximum atomic E-state index is 6.06. The fourth-order valence-electron chi connectivity index (χ4n) is 2.50. The quantitative estimate of drug-likeness (QED) is 0.734. The Kier molecular flexibility index (Phi) is 4.90. The van der Waals surface area contributed by atoms with Gasteiger partial charge in [-0.2, -0.15) is 0 Å². The Morgan fingerprint density at radius 3 is 2.14 bits per heavy atom. The van der Waals surface area contributed by atoms with E-state index in [1.54, 1.807) is 0 Å². The van der Waals surface area contributed by atoms with Crippen LogP contribution in [0, 0.1) is 5.92 Å². The zero-order chi connectivity index (χ0) is 10.6. The maximum Gasteiger partial charge on any atom is 0.0206 e. The van der Waals surface area contributed by atoms with Crippen molar-refractivity contribution >= 4 is 0 Å². The van der Waals surface area contributed by atoms with E-state index in [4.69, 9.17) is 5.73 Å². The topological polar surface area (TPSA) is 29.3 Å².